The molecule has 0 aliphatic heterocycles. The number of hydrogen-bond acceptors (Lipinski definition) is 4. The zero-order chi connectivity index (χ0) is 13.0. The fourth-order valence-electron chi connectivity index (χ4n) is 1.57. The molecule has 94 valence electrons. The molecule has 0 spiro atoms. The van der Waals surface area contributed by atoms with Crippen molar-refractivity contribution < 1.29 is 4.74 Å². The Morgan fingerprint density at radius 1 is 1.33 bits per heavy atom. The van der Waals surface area contributed by atoms with Crippen LogP contribution in [0.2, 0.25) is 0 Å². The number of aryl methyl sites for hydroxylation is 1. The van der Waals surface area contributed by atoms with Crippen LogP contribution in [-0.2, 0) is 6.54 Å². The van der Waals surface area contributed by atoms with E-state index in [4.69, 9.17) is 4.74 Å². The first-order chi connectivity index (χ1) is 8.69. The summed E-state index contributed by atoms with van der Waals surface area (Å²) in [7, 11) is 1.91. The summed E-state index contributed by atoms with van der Waals surface area (Å²) in [6, 6.07) is 5.73. The highest BCUT2D eigenvalue weighted by atomic mass is 79.9. The summed E-state index contributed by atoms with van der Waals surface area (Å²) in [5.41, 5.74) is 2.13. The van der Waals surface area contributed by atoms with Crippen LogP contribution in [0.25, 0.3) is 0 Å². The molecule has 0 unspecified atom stereocenters. The molecule has 5 heteroatoms. The van der Waals surface area contributed by atoms with Crippen molar-refractivity contribution in [2.75, 3.05) is 7.05 Å². The highest BCUT2D eigenvalue weighted by Gasteiger charge is 2.03. The minimum atomic E-state index is 0.576. The van der Waals surface area contributed by atoms with Crippen LogP contribution in [0.3, 0.4) is 0 Å². The predicted octanol–water partition coefficient (Wildman–Crippen LogP) is 3.06. The number of hydrogen-bond donors (Lipinski definition) is 1. The van der Waals surface area contributed by atoms with E-state index in [-0.39, 0.29) is 0 Å². The third kappa shape index (κ3) is 3.27. The van der Waals surface area contributed by atoms with Crippen molar-refractivity contribution in [3.05, 3.63) is 46.3 Å². The van der Waals surface area contributed by atoms with E-state index in [0.717, 1.165) is 22.3 Å². The van der Waals surface area contributed by atoms with Gasteiger partial charge in [0.1, 0.15) is 5.75 Å². The summed E-state index contributed by atoms with van der Waals surface area (Å²) in [5, 5.41) is 3.10. The standard InChI is InChI=1S/C13H14BrN3O/c1-9-10(6-15-2)3-4-13(17-9)18-12-5-11(14)7-16-8-12/h3-5,7-8,15H,6H2,1-2H3. The fourth-order valence-corrected chi connectivity index (χ4v) is 1.91. The highest BCUT2D eigenvalue weighted by Crippen LogP contribution is 2.22. The smallest absolute Gasteiger partial charge is 0.219 e. The second-order valence-electron chi connectivity index (χ2n) is 3.87. The maximum Gasteiger partial charge on any atom is 0.219 e. The van der Waals surface area contributed by atoms with Gasteiger partial charge in [-0.3, -0.25) is 4.98 Å². The molecule has 0 atom stereocenters. The average molecular weight is 308 g/mol. The van der Waals surface area contributed by atoms with Gasteiger partial charge in [-0.25, -0.2) is 4.98 Å². The van der Waals surface area contributed by atoms with E-state index in [9.17, 15) is 0 Å². The number of aromatic nitrogens is 2. The van der Waals surface area contributed by atoms with Gasteiger partial charge in [-0.1, -0.05) is 6.07 Å². The number of rotatable bonds is 4. The topological polar surface area (TPSA) is 47.0 Å². The zero-order valence-electron chi connectivity index (χ0n) is 10.3. The van der Waals surface area contributed by atoms with Gasteiger partial charge >= 0.3 is 0 Å². The zero-order valence-corrected chi connectivity index (χ0v) is 11.9. The molecular weight excluding hydrogens is 294 g/mol. The van der Waals surface area contributed by atoms with Crippen LogP contribution in [0, 0.1) is 6.92 Å². The molecule has 0 fully saturated rings. The molecule has 2 heterocycles. The monoisotopic (exact) mass is 307 g/mol. The molecule has 0 saturated heterocycles. The van der Waals surface area contributed by atoms with Gasteiger partial charge in [0, 0.05) is 29.0 Å². The molecule has 1 N–H and O–H groups in total. The van der Waals surface area contributed by atoms with Crippen molar-refractivity contribution in [2.45, 2.75) is 13.5 Å². The van der Waals surface area contributed by atoms with E-state index < -0.39 is 0 Å². The molecule has 0 aromatic carbocycles. The van der Waals surface area contributed by atoms with Crippen molar-refractivity contribution >= 4 is 15.9 Å². The molecule has 2 aromatic heterocycles. The molecule has 0 amide bonds. The van der Waals surface area contributed by atoms with Crippen molar-refractivity contribution in [2.24, 2.45) is 0 Å². The van der Waals surface area contributed by atoms with Crippen molar-refractivity contribution in [3.63, 3.8) is 0 Å². The third-order valence-electron chi connectivity index (χ3n) is 2.44. The van der Waals surface area contributed by atoms with Gasteiger partial charge in [0.05, 0.1) is 6.20 Å². The lowest BCUT2D eigenvalue weighted by molar-refractivity contribution is 0.458. The highest BCUT2D eigenvalue weighted by molar-refractivity contribution is 9.10. The Morgan fingerprint density at radius 2 is 2.17 bits per heavy atom. The summed E-state index contributed by atoms with van der Waals surface area (Å²) in [4.78, 5) is 8.45. The van der Waals surface area contributed by atoms with Gasteiger partial charge in [-0.15, -0.1) is 0 Å². The lowest BCUT2D eigenvalue weighted by atomic mass is 10.2. The Hall–Kier alpha value is -1.46. The maximum absolute atomic E-state index is 5.65. The normalized spacial score (nSPS) is 10.4. The fraction of sp³-hybridized carbons (Fsp3) is 0.231. The molecule has 4 nitrogen and oxygen atoms in total. The summed E-state index contributed by atoms with van der Waals surface area (Å²) < 4.78 is 6.53. The molecule has 2 rings (SSSR count). The summed E-state index contributed by atoms with van der Waals surface area (Å²) in [6.07, 6.45) is 3.37. The second kappa shape index (κ2) is 5.93. The minimum absolute atomic E-state index is 0.576. The first-order valence-corrected chi connectivity index (χ1v) is 6.38. The van der Waals surface area contributed by atoms with Gasteiger partial charge in [0.15, 0.2) is 0 Å². The van der Waals surface area contributed by atoms with E-state index in [1.807, 2.05) is 32.2 Å². The summed E-state index contributed by atoms with van der Waals surface area (Å²) >= 11 is 3.35. The maximum atomic E-state index is 5.65. The Balaban J connectivity index is 2.17. The summed E-state index contributed by atoms with van der Waals surface area (Å²) in [6.45, 7) is 2.77. The van der Waals surface area contributed by atoms with E-state index in [2.05, 4.69) is 31.2 Å². The van der Waals surface area contributed by atoms with Crippen LogP contribution in [0.4, 0.5) is 0 Å². The molecule has 0 radical (unpaired) electrons. The number of nitrogens with zero attached hydrogens (tertiary/aromatic N) is 2. The quantitative estimate of drug-likeness (QED) is 0.943. The molecule has 0 aliphatic rings. The van der Waals surface area contributed by atoms with Crippen LogP contribution in [0.1, 0.15) is 11.3 Å². The van der Waals surface area contributed by atoms with Crippen molar-refractivity contribution in [3.8, 4) is 11.6 Å². The van der Waals surface area contributed by atoms with Crippen LogP contribution in [0.5, 0.6) is 11.6 Å². The molecule has 0 aliphatic carbocycles. The Kier molecular flexibility index (Phi) is 4.28. The van der Waals surface area contributed by atoms with Crippen LogP contribution < -0.4 is 10.1 Å². The van der Waals surface area contributed by atoms with Crippen LogP contribution >= 0.6 is 15.9 Å². The average Bonchev–Trinajstić information content (AvgIpc) is 2.33. The Bertz CT molecular complexity index is 546. The third-order valence-corrected chi connectivity index (χ3v) is 2.87. The first-order valence-electron chi connectivity index (χ1n) is 5.58. The number of nitrogens with one attached hydrogen (secondary N) is 1. The van der Waals surface area contributed by atoms with Crippen LogP contribution in [0.15, 0.2) is 35.1 Å². The van der Waals surface area contributed by atoms with Gasteiger partial charge in [0.2, 0.25) is 5.88 Å². The first kappa shape index (κ1) is 13.0. The van der Waals surface area contributed by atoms with E-state index >= 15 is 0 Å². The van der Waals surface area contributed by atoms with Gasteiger partial charge < -0.3 is 10.1 Å². The SMILES string of the molecule is CNCc1ccc(Oc2cncc(Br)c2)nc1C. The van der Waals surface area contributed by atoms with E-state index in [1.54, 1.807) is 12.4 Å². The largest absolute Gasteiger partial charge is 0.437 e. The molecule has 2 aromatic rings. The molecule has 18 heavy (non-hydrogen) atoms. The van der Waals surface area contributed by atoms with Crippen molar-refractivity contribution in [1.82, 2.24) is 15.3 Å². The number of halogens is 1. The molecule has 0 bridgehead atoms. The lowest BCUT2D eigenvalue weighted by Gasteiger charge is -2.08. The van der Waals surface area contributed by atoms with E-state index in [1.165, 1.54) is 0 Å². The molecule has 0 saturated carbocycles. The molecular formula is C13H14BrN3O. The number of ether oxygens (including phenoxy) is 1. The van der Waals surface area contributed by atoms with Gasteiger partial charge in [-0.05, 0) is 41.5 Å². The summed E-state index contributed by atoms with van der Waals surface area (Å²) in [5.74, 6) is 1.24. The minimum Gasteiger partial charge on any atom is -0.437 e. The van der Waals surface area contributed by atoms with Gasteiger partial charge in [-0.2, -0.15) is 0 Å². The Labute approximate surface area is 115 Å². The number of pyridine rings is 2. The lowest BCUT2D eigenvalue weighted by Crippen LogP contribution is -2.07. The van der Waals surface area contributed by atoms with Crippen molar-refractivity contribution in [1.29, 1.82) is 0 Å². The van der Waals surface area contributed by atoms with E-state index in [0.29, 0.717) is 11.6 Å². The van der Waals surface area contributed by atoms with Crippen LogP contribution in [-0.4, -0.2) is 17.0 Å². The second-order valence-corrected chi connectivity index (χ2v) is 4.78. The predicted molar refractivity (Wildman–Crippen MR) is 73.7 cm³/mol. The van der Waals surface area contributed by atoms with Gasteiger partial charge in [0.25, 0.3) is 0 Å². The Morgan fingerprint density at radius 3 is 2.83 bits per heavy atom.